The zero-order chi connectivity index (χ0) is 16.4. The first kappa shape index (κ1) is 15.1. The fourth-order valence-corrected chi connectivity index (χ4v) is 2.26. The number of cyclic esters (lactones) is 2. The van der Waals surface area contributed by atoms with Crippen molar-refractivity contribution in [2.45, 2.75) is 6.29 Å². The van der Waals surface area contributed by atoms with E-state index in [4.69, 9.17) is 21.1 Å². The van der Waals surface area contributed by atoms with Gasteiger partial charge in [-0.2, -0.15) is 0 Å². The molecule has 5 nitrogen and oxygen atoms in total. The summed E-state index contributed by atoms with van der Waals surface area (Å²) in [6.45, 7) is 0. The molecule has 0 atom stereocenters. The van der Waals surface area contributed by atoms with Crippen molar-refractivity contribution in [2.75, 3.05) is 0 Å². The smallest absolute Gasteiger partial charge is 0.348 e. The number of rotatable bonds is 2. The molecule has 1 aliphatic rings. The number of hydrogen-bond donors (Lipinski definition) is 1. The lowest BCUT2D eigenvalue weighted by Crippen LogP contribution is -2.29. The second kappa shape index (κ2) is 6.14. The van der Waals surface area contributed by atoms with Gasteiger partial charge in [0.05, 0.1) is 5.02 Å². The summed E-state index contributed by atoms with van der Waals surface area (Å²) in [5, 5.41) is 9.49. The molecule has 1 fully saturated rings. The number of carbonyl (C=O) groups excluding carboxylic acids is 2. The molecule has 1 aliphatic heterocycles. The molecule has 6 heteroatoms. The highest BCUT2D eigenvalue weighted by Crippen LogP contribution is 2.29. The average Bonchev–Trinajstić information content (AvgIpc) is 2.55. The van der Waals surface area contributed by atoms with Crippen molar-refractivity contribution in [1.82, 2.24) is 0 Å². The average molecular weight is 331 g/mol. The summed E-state index contributed by atoms with van der Waals surface area (Å²) < 4.78 is 10.3. The quantitative estimate of drug-likeness (QED) is 0.520. The summed E-state index contributed by atoms with van der Waals surface area (Å²) in [7, 11) is 0. The fourth-order valence-electron chi connectivity index (χ4n) is 2.07. The van der Waals surface area contributed by atoms with Crippen LogP contribution in [-0.4, -0.2) is 17.0 Å². The summed E-state index contributed by atoms with van der Waals surface area (Å²) in [4.78, 5) is 24.1. The van der Waals surface area contributed by atoms with Crippen LogP contribution >= 0.6 is 11.6 Å². The molecule has 2 aromatic carbocycles. The molecule has 116 valence electrons. The van der Waals surface area contributed by atoms with Gasteiger partial charge < -0.3 is 14.6 Å². The maximum Gasteiger partial charge on any atom is 0.348 e. The number of carbonyl (C=O) groups is 2. The van der Waals surface area contributed by atoms with Crippen molar-refractivity contribution in [3.63, 3.8) is 0 Å². The van der Waals surface area contributed by atoms with E-state index in [1.807, 2.05) is 0 Å². The van der Waals surface area contributed by atoms with Crippen LogP contribution in [0.3, 0.4) is 0 Å². The van der Waals surface area contributed by atoms with Gasteiger partial charge in [-0.25, -0.2) is 9.59 Å². The van der Waals surface area contributed by atoms with Crippen molar-refractivity contribution in [3.05, 3.63) is 70.3 Å². The number of ether oxygens (including phenoxy) is 2. The zero-order valence-electron chi connectivity index (χ0n) is 11.7. The first-order valence-corrected chi connectivity index (χ1v) is 7.09. The maximum absolute atomic E-state index is 12.1. The van der Waals surface area contributed by atoms with E-state index in [0.29, 0.717) is 11.1 Å². The second-order valence-electron chi connectivity index (χ2n) is 4.82. The summed E-state index contributed by atoms with van der Waals surface area (Å²) >= 11 is 5.80. The van der Waals surface area contributed by atoms with Gasteiger partial charge in [0.15, 0.2) is 0 Å². The monoisotopic (exact) mass is 330 g/mol. The summed E-state index contributed by atoms with van der Waals surface area (Å²) in [6.07, 6.45) is 0.244. The molecule has 0 saturated carbocycles. The normalized spacial score (nSPS) is 17.4. The SMILES string of the molecule is O=C1OC(c2ccccc2)OC(=O)C1=Cc1ccc(O)c(Cl)c1. The third kappa shape index (κ3) is 3.19. The minimum absolute atomic E-state index is 0.0910. The minimum Gasteiger partial charge on any atom is -0.506 e. The number of benzene rings is 2. The van der Waals surface area contributed by atoms with Crippen molar-refractivity contribution in [1.29, 1.82) is 0 Å². The van der Waals surface area contributed by atoms with E-state index in [9.17, 15) is 14.7 Å². The molecule has 0 radical (unpaired) electrons. The number of hydrogen-bond acceptors (Lipinski definition) is 5. The van der Waals surface area contributed by atoms with E-state index in [1.54, 1.807) is 30.3 Å². The van der Waals surface area contributed by atoms with E-state index in [2.05, 4.69) is 0 Å². The lowest BCUT2D eigenvalue weighted by molar-refractivity contribution is -0.195. The van der Waals surface area contributed by atoms with E-state index >= 15 is 0 Å². The molecule has 0 aliphatic carbocycles. The van der Waals surface area contributed by atoms with Gasteiger partial charge in [0.25, 0.3) is 6.29 Å². The summed E-state index contributed by atoms with van der Waals surface area (Å²) in [6, 6.07) is 13.0. The number of phenolic OH excluding ortho intramolecular Hbond substituents is 1. The Bertz CT molecular complexity index is 778. The molecule has 3 rings (SSSR count). The third-order valence-corrected chi connectivity index (χ3v) is 3.53. The van der Waals surface area contributed by atoms with Gasteiger partial charge in [0.1, 0.15) is 11.3 Å². The van der Waals surface area contributed by atoms with E-state index in [-0.39, 0.29) is 16.3 Å². The Morgan fingerprint density at radius 3 is 2.26 bits per heavy atom. The predicted molar refractivity (Wildman–Crippen MR) is 82.5 cm³/mol. The van der Waals surface area contributed by atoms with E-state index in [0.717, 1.165) is 0 Å². The van der Waals surface area contributed by atoms with Gasteiger partial charge in [-0.15, -0.1) is 0 Å². The van der Waals surface area contributed by atoms with Gasteiger partial charge >= 0.3 is 11.9 Å². The molecule has 0 aromatic heterocycles. The Balaban J connectivity index is 1.85. The summed E-state index contributed by atoms with van der Waals surface area (Å²) in [5.41, 5.74) is 0.801. The predicted octanol–water partition coefficient (Wildman–Crippen LogP) is 3.23. The second-order valence-corrected chi connectivity index (χ2v) is 5.23. The number of esters is 2. The highest BCUT2D eigenvalue weighted by atomic mass is 35.5. The number of aromatic hydroxyl groups is 1. The van der Waals surface area contributed by atoms with Crippen LogP contribution in [0, 0.1) is 0 Å². The largest absolute Gasteiger partial charge is 0.506 e. The molecule has 0 amide bonds. The number of phenols is 1. The Hall–Kier alpha value is -2.79. The van der Waals surface area contributed by atoms with Crippen LogP contribution in [0.1, 0.15) is 17.4 Å². The molecular weight excluding hydrogens is 320 g/mol. The molecule has 1 heterocycles. The van der Waals surface area contributed by atoms with E-state index in [1.165, 1.54) is 24.3 Å². The Morgan fingerprint density at radius 2 is 1.65 bits per heavy atom. The molecule has 0 bridgehead atoms. The lowest BCUT2D eigenvalue weighted by Gasteiger charge is -2.23. The Kier molecular flexibility index (Phi) is 4.04. The van der Waals surface area contributed by atoms with Gasteiger partial charge in [-0.3, -0.25) is 0 Å². The highest BCUT2D eigenvalue weighted by molar-refractivity contribution is 6.32. The molecule has 23 heavy (non-hydrogen) atoms. The van der Waals surface area contributed by atoms with Crippen LogP contribution in [0.15, 0.2) is 54.1 Å². The van der Waals surface area contributed by atoms with Crippen molar-refractivity contribution in [3.8, 4) is 5.75 Å². The fraction of sp³-hybridized carbons (Fsp3) is 0.0588. The van der Waals surface area contributed by atoms with Crippen molar-refractivity contribution in [2.24, 2.45) is 0 Å². The first-order valence-electron chi connectivity index (χ1n) is 6.72. The number of halogens is 1. The van der Waals surface area contributed by atoms with Gasteiger partial charge in [-0.1, -0.05) is 48.0 Å². The van der Waals surface area contributed by atoms with Gasteiger partial charge in [0, 0.05) is 5.56 Å². The van der Waals surface area contributed by atoms with Crippen LogP contribution in [0.4, 0.5) is 0 Å². The van der Waals surface area contributed by atoms with Crippen LogP contribution < -0.4 is 0 Å². The van der Waals surface area contributed by atoms with Crippen LogP contribution in [0.25, 0.3) is 6.08 Å². The molecule has 2 aromatic rings. The molecule has 1 saturated heterocycles. The Labute approximate surface area is 136 Å². The topological polar surface area (TPSA) is 72.8 Å². The third-order valence-electron chi connectivity index (χ3n) is 3.22. The van der Waals surface area contributed by atoms with Crippen LogP contribution in [-0.2, 0) is 19.1 Å². The minimum atomic E-state index is -1.06. The molecule has 0 spiro atoms. The van der Waals surface area contributed by atoms with Crippen molar-refractivity contribution < 1.29 is 24.2 Å². The standard InChI is InChI=1S/C17H11ClO5/c18-13-9-10(6-7-14(13)19)8-12-15(20)22-17(23-16(12)21)11-4-2-1-3-5-11/h1-9,17,19H. The lowest BCUT2D eigenvalue weighted by atomic mass is 10.1. The maximum atomic E-state index is 12.1. The Morgan fingerprint density at radius 1 is 1.00 bits per heavy atom. The zero-order valence-corrected chi connectivity index (χ0v) is 12.5. The van der Waals surface area contributed by atoms with Crippen LogP contribution in [0.2, 0.25) is 5.02 Å². The summed E-state index contributed by atoms with van der Waals surface area (Å²) in [5.74, 6) is -1.65. The van der Waals surface area contributed by atoms with E-state index < -0.39 is 18.2 Å². The molecule has 1 N–H and O–H groups in total. The van der Waals surface area contributed by atoms with Gasteiger partial charge in [-0.05, 0) is 23.8 Å². The molecule has 0 unspecified atom stereocenters. The van der Waals surface area contributed by atoms with Gasteiger partial charge in [0.2, 0.25) is 0 Å². The van der Waals surface area contributed by atoms with Crippen molar-refractivity contribution >= 4 is 29.6 Å². The first-order chi connectivity index (χ1) is 11.0. The van der Waals surface area contributed by atoms with Crippen LogP contribution in [0.5, 0.6) is 5.75 Å². The molecular formula is C17H11ClO5. The highest BCUT2D eigenvalue weighted by Gasteiger charge is 2.34.